The first-order chi connectivity index (χ1) is 8.66. The number of carboxylic acids is 1. The fraction of sp³-hybridized carbons (Fsp3) is 0. The van der Waals surface area contributed by atoms with Gasteiger partial charge in [0.1, 0.15) is 5.56 Å². The van der Waals surface area contributed by atoms with Crippen molar-refractivity contribution >= 4 is 16.9 Å². The Morgan fingerprint density at radius 2 is 2.17 bits per heavy atom. The SMILES string of the molecule is O=C(O)c1cnoc1-c1cc2cccc(O)c2o1. The predicted octanol–water partition coefficient (Wildman–Crippen LogP) is 2.49. The van der Waals surface area contributed by atoms with Gasteiger partial charge in [-0.05, 0) is 12.1 Å². The van der Waals surface area contributed by atoms with Crippen LogP contribution in [0, 0.1) is 0 Å². The highest BCUT2D eigenvalue weighted by atomic mass is 16.5. The zero-order chi connectivity index (χ0) is 12.7. The highest BCUT2D eigenvalue weighted by molar-refractivity contribution is 5.95. The van der Waals surface area contributed by atoms with Crippen LogP contribution in [0.3, 0.4) is 0 Å². The van der Waals surface area contributed by atoms with E-state index in [1.807, 2.05) is 0 Å². The molecule has 0 atom stereocenters. The summed E-state index contributed by atoms with van der Waals surface area (Å²) in [6, 6.07) is 6.46. The first-order valence-corrected chi connectivity index (χ1v) is 5.06. The Balaban J connectivity index is 2.23. The van der Waals surface area contributed by atoms with E-state index in [0.717, 1.165) is 6.20 Å². The van der Waals surface area contributed by atoms with E-state index in [1.165, 1.54) is 6.07 Å². The highest BCUT2D eigenvalue weighted by Crippen LogP contribution is 2.33. The minimum Gasteiger partial charge on any atom is -0.504 e. The molecule has 0 unspecified atom stereocenters. The molecule has 2 N–H and O–H groups in total. The van der Waals surface area contributed by atoms with E-state index in [9.17, 15) is 9.90 Å². The van der Waals surface area contributed by atoms with Gasteiger partial charge in [-0.2, -0.15) is 0 Å². The number of carbonyl (C=O) groups is 1. The molecule has 0 amide bonds. The lowest BCUT2D eigenvalue weighted by molar-refractivity contribution is 0.0697. The van der Waals surface area contributed by atoms with E-state index in [-0.39, 0.29) is 28.4 Å². The lowest BCUT2D eigenvalue weighted by atomic mass is 10.2. The number of benzene rings is 1. The third-order valence-electron chi connectivity index (χ3n) is 2.55. The number of aromatic nitrogens is 1. The normalized spacial score (nSPS) is 10.9. The van der Waals surface area contributed by atoms with E-state index in [4.69, 9.17) is 14.0 Å². The second-order valence-corrected chi connectivity index (χ2v) is 3.68. The molecule has 0 fully saturated rings. The number of furan rings is 1. The van der Waals surface area contributed by atoms with Gasteiger partial charge in [0.25, 0.3) is 0 Å². The standard InChI is InChI=1S/C12H7NO5/c14-8-3-1-2-6-4-9(17-10(6)8)11-7(12(15)16)5-13-18-11/h1-5,14H,(H,15,16). The maximum Gasteiger partial charge on any atom is 0.341 e. The molecule has 0 spiro atoms. The molecule has 3 aromatic rings. The van der Waals surface area contributed by atoms with Gasteiger partial charge < -0.3 is 19.2 Å². The average molecular weight is 245 g/mol. The summed E-state index contributed by atoms with van der Waals surface area (Å²) in [5.41, 5.74) is 0.189. The van der Waals surface area contributed by atoms with E-state index in [1.54, 1.807) is 18.2 Å². The molecule has 2 aromatic heterocycles. The van der Waals surface area contributed by atoms with Crippen molar-refractivity contribution in [3.63, 3.8) is 0 Å². The van der Waals surface area contributed by atoms with Crippen molar-refractivity contribution in [3.8, 4) is 17.3 Å². The molecule has 6 heteroatoms. The van der Waals surface area contributed by atoms with Crippen molar-refractivity contribution in [3.05, 3.63) is 36.0 Å². The molecule has 0 radical (unpaired) electrons. The fourth-order valence-electron chi connectivity index (χ4n) is 1.73. The Hall–Kier alpha value is -2.76. The van der Waals surface area contributed by atoms with Gasteiger partial charge in [-0.3, -0.25) is 0 Å². The number of hydrogen-bond donors (Lipinski definition) is 2. The molecule has 0 saturated heterocycles. The molecule has 1 aromatic carbocycles. The van der Waals surface area contributed by atoms with Gasteiger partial charge >= 0.3 is 5.97 Å². The molecule has 6 nitrogen and oxygen atoms in total. The van der Waals surface area contributed by atoms with Crippen LogP contribution >= 0.6 is 0 Å². The second kappa shape index (κ2) is 3.63. The lowest BCUT2D eigenvalue weighted by Gasteiger charge is -1.92. The van der Waals surface area contributed by atoms with Crippen LogP contribution in [0.15, 0.2) is 39.4 Å². The van der Waals surface area contributed by atoms with Crippen LogP contribution in [-0.4, -0.2) is 21.3 Å². The summed E-state index contributed by atoms with van der Waals surface area (Å²) >= 11 is 0. The largest absolute Gasteiger partial charge is 0.504 e. The van der Waals surface area contributed by atoms with Crippen molar-refractivity contribution < 1.29 is 23.9 Å². The summed E-state index contributed by atoms with van der Waals surface area (Å²) in [7, 11) is 0. The molecular formula is C12H7NO5. The minimum absolute atomic E-state index is 0.0184. The third-order valence-corrected chi connectivity index (χ3v) is 2.55. The summed E-state index contributed by atoms with van der Waals surface area (Å²) in [6.07, 6.45) is 1.10. The zero-order valence-electron chi connectivity index (χ0n) is 8.95. The molecule has 18 heavy (non-hydrogen) atoms. The quantitative estimate of drug-likeness (QED) is 0.719. The van der Waals surface area contributed by atoms with Crippen molar-refractivity contribution in [2.24, 2.45) is 0 Å². The number of phenols is 1. The molecule has 0 bridgehead atoms. The van der Waals surface area contributed by atoms with Crippen molar-refractivity contribution in [2.75, 3.05) is 0 Å². The monoisotopic (exact) mass is 245 g/mol. The molecule has 90 valence electrons. The summed E-state index contributed by atoms with van der Waals surface area (Å²) < 4.78 is 10.3. The Kier molecular flexibility index (Phi) is 2.09. The van der Waals surface area contributed by atoms with Gasteiger partial charge in [0, 0.05) is 5.39 Å². The maximum absolute atomic E-state index is 10.9. The summed E-state index contributed by atoms with van der Waals surface area (Å²) in [6.45, 7) is 0. The van der Waals surface area contributed by atoms with Crippen molar-refractivity contribution in [2.45, 2.75) is 0 Å². The van der Waals surface area contributed by atoms with Gasteiger partial charge in [0.2, 0.25) is 5.76 Å². The van der Waals surface area contributed by atoms with Gasteiger partial charge in [-0.1, -0.05) is 17.3 Å². The van der Waals surface area contributed by atoms with Crippen LogP contribution in [0.2, 0.25) is 0 Å². The van der Waals surface area contributed by atoms with E-state index in [0.29, 0.717) is 5.39 Å². The average Bonchev–Trinajstić information content (AvgIpc) is 2.95. The first kappa shape index (κ1) is 10.4. The summed E-state index contributed by atoms with van der Waals surface area (Å²) in [5, 5.41) is 22.6. The molecule has 3 rings (SSSR count). The number of aromatic carboxylic acids is 1. The van der Waals surface area contributed by atoms with Gasteiger partial charge in [-0.25, -0.2) is 4.79 Å². The maximum atomic E-state index is 10.9. The van der Waals surface area contributed by atoms with Gasteiger partial charge in [0.15, 0.2) is 17.1 Å². The van der Waals surface area contributed by atoms with Crippen molar-refractivity contribution in [1.29, 1.82) is 0 Å². The summed E-state index contributed by atoms with van der Waals surface area (Å²) in [4.78, 5) is 10.9. The van der Waals surface area contributed by atoms with Crippen LogP contribution in [-0.2, 0) is 0 Å². The number of para-hydroxylation sites is 1. The lowest BCUT2D eigenvalue weighted by Crippen LogP contribution is -1.95. The van der Waals surface area contributed by atoms with E-state index >= 15 is 0 Å². The van der Waals surface area contributed by atoms with Gasteiger partial charge in [-0.15, -0.1) is 0 Å². The van der Waals surface area contributed by atoms with Crippen LogP contribution in [0.5, 0.6) is 5.75 Å². The van der Waals surface area contributed by atoms with Crippen molar-refractivity contribution in [1.82, 2.24) is 5.16 Å². The Bertz CT molecular complexity index is 740. The number of rotatable bonds is 2. The number of nitrogens with zero attached hydrogens (tertiary/aromatic N) is 1. The zero-order valence-corrected chi connectivity index (χ0v) is 8.95. The van der Waals surface area contributed by atoms with Crippen LogP contribution < -0.4 is 0 Å². The number of fused-ring (bicyclic) bond motifs is 1. The number of hydrogen-bond acceptors (Lipinski definition) is 5. The van der Waals surface area contributed by atoms with Gasteiger partial charge in [0.05, 0.1) is 6.20 Å². The molecule has 0 aliphatic rings. The number of aromatic hydroxyl groups is 1. The van der Waals surface area contributed by atoms with Crippen LogP contribution in [0.1, 0.15) is 10.4 Å². The Morgan fingerprint density at radius 3 is 2.89 bits per heavy atom. The molecule has 0 aliphatic carbocycles. The molecule has 0 saturated carbocycles. The van der Waals surface area contributed by atoms with E-state index in [2.05, 4.69) is 5.16 Å². The third kappa shape index (κ3) is 1.43. The minimum atomic E-state index is -1.16. The van der Waals surface area contributed by atoms with Crippen LogP contribution in [0.4, 0.5) is 0 Å². The fourth-order valence-corrected chi connectivity index (χ4v) is 1.73. The first-order valence-electron chi connectivity index (χ1n) is 5.06. The topological polar surface area (TPSA) is 96.7 Å². The molecular weight excluding hydrogens is 238 g/mol. The summed E-state index contributed by atoms with van der Waals surface area (Å²) in [5.74, 6) is -0.939. The Morgan fingerprint density at radius 1 is 1.33 bits per heavy atom. The highest BCUT2D eigenvalue weighted by Gasteiger charge is 2.20. The second-order valence-electron chi connectivity index (χ2n) is 3.68. The van der Waals surface area contributed by atoms with Crippen LogP contribution in [0.25, 0.3) is 22.5 Å². The number of phenolic OH excluding ortho intramolecular Hbond substituents is 1. The molecule has 0 aliphatic heterocycles. The smallest absolute Gasteiger partial charge is 0.341 e. The number of carboxylic acid groups (broad SMARTS) is 1. The van der Waals surface area contributed by atoms with E-state index < -0.39 is 5.97 Å². The predicted molar refractivity (Wildman–Crippen MR) is 60.3 cm³/mol. The molecule has 2 heterocycles. The Labute approximate surface area is 100 Å².